The Labute approximate surface area is 129 Å². The molecule has 1 aliphatic rings. The number of amides is 1. The van der Waals surface area contributed by atoms with Gasteiger partial charge in [-0.3, -0.25) is 4.79 Å². The lowest BCUT2D eigenvalue weighted by molar-refractivity contribution is 0.0953. The Balaban J connectivity index is 1.71. The molecule has 0 saturated heterocycles. The Morgan fingerprint density at radius 1 is 1.29 bits per heavy atom. The molecule has 1 heterocycles. The third kappa shape index (κ3) is 3.35. The van der Waals surface area contributed by atoms with E-state index in [1.54, 1.807) is 6.07 Å². The quantitative estimate of drug-likeness (QED) is 0.860. The number of benzene rings is 1. The van der Waals surface area contributed by atoms with Crippen molar-refractivity contribution in [3.63, 3.8) is 0 Å². The van der Waals surface area contributed by atoms with Gasteiger partial charge in [0.1, 0.15) is 5.15 Å². The number of carbonyl (C=O) groups is 1. The van der Waals surface area contributed by atoms with Gasteiger partial charge in [-0.2, -0.15) is 0 Å². The summed E-state index contributed by atoms with van der Waals surface area (Å²) in [4.78, 5) is 16.6. The Hall–Kier alpha value is -1.61. The van der Waals surface area contributed by atoms with E-state index in [2.05, 4.69) is 10.3 Å². The summed E-state index contributed by atoms with van der Waals surface area (Å²) in [6.07, 6.45) is 6.36. The van der Waals surface area contributed by atoms with Gasteiger partial charge in [0.25, 0.3) is 5.91 Å². The molecule has 3 rings (SSSR count). The van der Waals surface area contributed by atoms with Crippen LogP contribution in [0.2, 0.25) is 5.15 Å². The number of halogens is 1. The number of pyridine rings is 1. The average Bonchev–Trinajstić information content (AvgIpc) is 2.99. The molecule has 1 saturated carbocycles. The summed E-state index contributed by atoms with van der Waals surface area (Å²) in [5.74, 6) is 0.719. The predicted molar refractivity (Wildman–Crippen MR) is 85.7 cm³/mol. The second kappa shape index (κ2) is 6.44. The SMILES string of the molecule is O=C(NCCC1CCCC1)c1cc(Cl)nc2ccccc12. The average molecular weight is 303 g/mol. The second-order valence-electron chi connectivity index (χ2n) is 5.70. The topological polar surface area (TPSA) is 42.0 Å². The van der Waals surface area contributed by atoms with Crippen LogP contribution < -0.4 is 5.32 Å². The summed E-state index contributed by atoms with van der Waals surface area (Å²) >= 11 is 6.01. The molecular weight excluding hydrogens is 284 g/mol. The van der Waals surface area contributed by atoms with Gasteiger partial charge in [-0.25, -0.2) is 4.98 Å². The minimum absolute atomic E-state index is 0.0616. The fourth-order valence-electron chi connectivity index (χ4n) is 3.12. The molecule has 1 aromatic heterocycles. The zero-order valence-electron chi connectivity index (χ0n) is 11.9. The van der Waals surface area contributed by atoms with Gasteiger partial charge in [0.05, 0.1) is 11.1 Å². The molecule has 1 aromatic carbocycles. The van der Waals surface area contributed by atoms with Crippen molar-refractivity contribution in [3.05, 3.63) is 41.0 Å². The number of para-hydroxylation sites is 1. The van der Waals surface area contributed by atoms with Gasteiger partial charge in [0.2, 0.25) is 0 Å². The number of nitrogens with one attached hydrogen (secondary N) is 1. The first kappa shape index (κ1) is 14.3. The number of carbonyl (C=O) groups excluding carboxylic acids is 1. The predicted octanol–water partition coefficient (Wildman–Crippen LogP) is 4.20. The highest BCUT2D eigenvalue weighted by atomic mass is 35.5. The van der Waals surface area contributed by atoms with Gasteiger partial charge >= 0.3 is 0 Å². The van der Waals surface area contributed by atoms with Crippen LogP contribution in [-0.4, -0.2) is 17.4 Å². The summed E-state index contributed by atoms with van der Waals surface area (Å²) in [5.41, 5.74) is 1.36. The van der Waals surface area contributed by atoms with Crippen LogP contribution in [0, 0.1) is 5.92 Å². The Kier molecular flexibility index (Phi) is 4.39. The summed E-state index contributed by atoms with van der Waals surface area (Å²) < 4.78 is 0. The molecule has 0 radical (unpaired) electrons. The molecular formula is C17H19ClN2O. The first-order valence-electron chi connectivity index (χ1n) is 7.57. The molecule has 21 heavy (non-hydrogen) atoms. The molecule has 4 heteroatoms. The third-order valence-corrected chi connectivity index (χ3v) is 4.44. The van der Waals surface area contributed by atoms with Crippen LogP contribution >= 0.6 is 11.6 Å². The van der Waals surface area contributed by atoms with Crippen LogP contribution in [0.15, 0.2) is 30.3 Å². The minimum Gasteiger partial charge on any atom is -0.352 e. The van der Waals surface area contributed by atoms with Crippen molar-refractivity contribution in [3.8, 4) is 0 Å². The smallest absolute Gasteiger partial charge is 0.252 e. The summed E-state index contributed by atoms with van der Waals surface area (Å²) in [6, 6.07) is 9.23. The number of hydrogen-bond acceptors (Lipinski definition) is 2. The number of nitrogens with zero attached hydrogens (tertiary/aromatic N) is 1. The summed E-state index contributed by atoms with van der Waals surface area (Å²) in [6.45, 7) is 0.734. The molecule has 1 amide bonds. The van der Waals surface area contributed by atoms with Gasteiger partial charge in [-0.05, 0) is 24.5 Å². The monoisotopic (exact) mass is 302 g/mol. The molecule has 0 aliphatic heterocycles. The molecule has 0 spiro atoms. The lowest BCUT2D eigenvalue weighted by Crippen LogP contribution is -2.26. The van der Waals surface area contributed by atoms with E-state index >= 15 is 0 Å². The van der Waals surface area contributed by atoms with E-state index in [-0.39, 0.29) is 5.91 Å². The van der Waals surface area contributed by atoms with Gasteiger partial charge in [0.15, 0.2) is 0 Å². The van der Waals surface area contributed by atoms with E-state index in [9.17, 15) is 4.79 Å². The number of rotatable bonds is 4. The zero-order valence-corrected chi connectivity index (χ0v) is 12.7. The van der Waals surface area contributed by atoms with Crippen LogP contribution in [0.3, 0.4) is 0 Å². The lowest BCUT2D eigenvalue weighted by Gasteiger charge is -2.11. The minimum atomic E-state index is -0.0616. The molecule has 0 atom stereocenters. The van der Waals surface area contributed by atoms with Crippen molar-refractivity contribution in [1.82, 2.24) is 10.3 Å². The molecule has 1 aliphatic carbocycles. The summed E-state index contributed by atoms with van der Waals surface area (Å²) in [7, 11) is 0. The maximum absolute atomic E-state index is 12.4. The van der Waals surface area contributed by atoms with Gasteiger partial charge in [-0.15, -0.1) is 0 Å². The fourth-order valence-corrected chi connectivity index (χ4v) is 3.32. The molecule has 1 N–H and O–H groups in total. The van der Waals surface area contributed by atoms with E-state index in [0.717, 1.165) is 29.8 Å². The summed E-state index contributed by atoms with van der Waals surface area (Å²) in [5, 5.41) is 4.22. The third-order valence-electron chi connectivity index (χ3n) is 4.24. The molecule has 1 fully saturated rings. The maximum Gasteiger partial charge on any atom is 0.252 e. The van der Waals surface area contributed by atoms with Crippen LogP contribution in [-0.2, 0) is 0 Å². The van der Waals surface area contributed by atoms with Crippen molar-refractivity contribution < 1.29 is 4.79 Å². The Morgan fingerprint density at radius 3 is 2.86 bits per heavy atom. The molecule has 0 bridgehead atoms. The van der Waals surface area contributed by atoms with Crippen molar-refractivity contribution in [2.75, 3.05) is 6.54 Å². The van der Waals surface area contributed by atoms with E-state index < -0.39 is 0 Å². The van der Waals surface area contributed by atoms with E-state index in [1.165, 1.54) is 25.7 Å². The van der Waals surface area contributed by atoms with Crippen molar-refractivity contribution in [1.29, 1.82) is 0 Å². The first-order chi connectivity index (χ1) is 10.2. The first-order valence-corrected chi connectivity index (χ1v) is 7.95. The molecule has 2 aromatic rings. The Morgan fingerprint density at radius 2 is 2.05 bits per heavy atom. The van der Waals surface area contributed by atoms with Crippen LogP contribution in [0.25, 0.3) is 10.9 Å². The number of hydrogen-bond donors (Lipinski definition) is 1. The maximum atomic E-state index is 12.4. The second-order valence-corrected chi connectivity index (χ2v) is 6.09. The fraction of sp³-hybridized carbons (Fsp3) is 0.412. The highest BCUT2D eigenvalue weighted by Crippen LogP contribution is 2.27. The highest BCUT2D eigenvalue weighted by molar-refractivity contribution is 6.30. The zero-order chi connectivity index (χ0) is 14.7. The van der Waals surface area contributed by atoms with Gasteiger partial charge in [0, 0.05) is 11.9 Å². The van der Waals surface area contributed by atoms with Crippen molar-refractivity contribution >= 4 is 28.4 Å². The van der Waals surface area contributed by atoms with Crippen LogP contribution in [0.1, 0.15) is 42.5 Å². The number of fused-ring (bicyclic) bond motifs is 1. The normalized spacial score (nSPS) is 15.5. The number of aromatic nitrogens is 1. The van der Waals surface area contributed by atoms with Crippen molar-refractivity contribution in [2.24, 2.45) is 5.92 Å². The van der Waals surface area contributed by atoms with Crippen molar-refractivity contribution in [2.45, 2.75) is 32.1 Å². The van der Waals surface area contributed by atoms with Crippen LogP contribution in [0.4, 0.5) is 0 Å². The van der Waals surface area contributed by atoms with Gasteiger partial charge in [-0.1, -0.05) is 55.5 Å². The van der Waals surface area contributed by atoms with Crippen LogP contribution in [0.5, 0.6) is 0 Å². The molecule has 3 nitrogen and oxygen atoms in total. The molecule has 110 valence electrons. The van der Waals surface area contributed by atoms with E-state index in [1.807, 2.05) is 24.3 Å². The standard InChI is InChI=1S/C17H19ClN2O/c18-16-11-14(13-7-3-4-8-15(13)20-16)17(21)19-10-9-12-5-1-2-6-12/h3-4,7-8,11-12H,1-2,5-6,9-10H2,(H,19,21). The van der Waals surface area contributed by atoms with Gasteiger partial charge < -0.3 is 5.32 Å². The lowest BCUT2D eigenvalue weighted by atomic mass is 10.0. The molecule has 0 unspecified atom stereocenters. The largest absolute Gasteiger partial charge is 0.352 e. The Bertz CT molecular complexity index is 650. The highest BCUT2D eigenvalue weighted by Gasteiger charge is 2.16. The van der Waals surface area contributed by atoms with E-state index in [4.69, 9.17) is 11.6 Å². The van der Waals surface area contributed by atoms with E-state index in [0.29, 0.717) is 10.7 Å².